The first-order chi connectivity index (χ1) is 37.6. The van der Waals surface area contributed by atoms with Crippen molar-refractivity contribution >= 4 is 11.9 Å². The second-order valence-corrected chi connectivity index (χ2v) is 22.9. The third-order valence-corrected chi connectivity index (χ3v) is 15.3. The molecule has 0 bridgehead atoms. The fraction of sp³-hybridized carbons (Fsp3) is 0.831. The quantitative estimate of drug-likeness (QED) is 0.0373. The maximum atomic E-state index is 12.3. The van der Waals surface area contributed by atoms with Crippen LogP contribution in [-0.4, -0.2) is 36.4 Å². The number of carbonyl (C=O) groups is 2. The molecule has 0 rings (SSSR count). The van der Waals surface area contributed by atoms with Crippen LogP contribution in [0.3, 0.4) is 0 Å². The van der Waals surface area contributed by atoms with Crippen LogP contribution in [0, 0.1) is 0 Å². The Kier molecular flexibility index (Phi) is 64.8. The van der Waals surface area contributed by atoms with Crippen molar-refractivity contribution in [3.8, 4) is 0 Å². The van der Waals surface area contributed by atoms with Gasteiger partial charge >= 0.3 is 11.9 Å². The van der Waals surface area contributed by atoms with E-state index in [0.717, 1.165) is 57.8 Å². The highest BCUT2D eigenvalue weighted by molar-refractivity contribution is 5.70. The molecule has 76 heavy (non-hydrogen) atoms. The van der Waals surface area contributed by atoms with Crippen LogP contribution in [0.2, 0.25) is 0 Å². The highest BCUT2D eigenvalue weighted by Gasteiger charge is 2.16. The summed E-state index contributed by atoms with van der Waals surface area (Å²) < 4.78 is 10.7. The molecule has 0 saturated carbocycles. The Hall–Kier alpha value is -2.40. The smallest absolute Gasteiger partial charge is 0.306 e. The van der Waals surface area contributed by atoms with Gasteiger partial charge in [0.15, 0.2) is 6.10 Å². The first-order valence-corrected chi connectivity index (χ1v) is 33.8. The normalized spacial score (nSPS) is 12.5. The zero-order valence-corrected chi connectivity index (χ0v) is 51.0. The van der Waals surface area contributed by atoms with Gasteiger partial charge in [0.2, 0.25) is 0 Å². The Morgan fingerprint density at radius 3 is 0.789 bits per heavy atom. The van der Waals surface area contributed by atoms with Crippen molar-refractivity contribution in [2.24, 2.45) is 0 Å². The fourth-order valence-electron chi connectivity index (χ4n) is 10.2. The van der Waals surface area contributed by atoms with Gasteiger partial charge in [-0.3, -0.25) is 9.59 Å². The Balaban J connectivity index is 3.39. The van der Waals surface area contributed by atoms with Crippen molar-refractivity contribution < 1.29 is 24.2 Å². The summed E-state index contributed by atoms with van der Waals surface area (Å²) in [7, 11) is 0. The molecule has 0 amide bonds. The molecule has 0 aromatic rings. The van der Waals surface area contributed by atoms with Gasteiger partial charge in [-0.25, -0.2) is 0 Å². The molecule has 1 unspecified atom stereocenters. The van der Waals surface area contributed by atoms with Gasteiger partial charge in [-0.1, -0.05) is 325 Å². The molecule has 0 saturated heterocycles. The number of esters is 2. The Labute approximate surface area is 474 Å². The van der Waals surface area contributed by atoms with E-state index in [2.05, 4.69) is 74.6 Å². The molecule has 0 spiro atoms. The standard InChI is InChI=1S/C71H130O5/c1-3-5-7-9-11-13-15-17-19-21-23-25-26-27-28-29-30-31-32-33-34-35-36-37-38-39-40-41-42-43-44-46-48-50-52-54-56-58-60-62-64-66-71(74)76-69(67-72)68-75-70(73)65-63-61-59-57-55-53-51-49-47-45-24-22-20-18-16-14-12-10-8-6-4-2/h15-18,21-24,26-27,69,72H,3-14,19-20,25,28-68H2,1-2H3/b17-15-,18-16-,23-21-,24-22-,27-26-. The van der Waals surface area contributed by atoms with E-state index < -0.39 is 6.10 Å². The number of allylic oxidation sites excluding steroid dienone is 10. The first kappa shape index (κ1) is 73.6. The fourth-order valence-corrected chi connectivity index (χ4v) is 10.2. The van der Waals surface area contributed by atoms with Gasteiger partial charge in [0.25, 0.3) is 0 Å². The summed E-state index contributed by atoms with van der Waals surface area (Å²) in [5.74, 6) is -0.579. The number of unbranched alkanes of at least 4 members (excludes halogenated alkanes) is 45. The van der Waals surface area contributed by atoms with Crippen molar-refractivity contribution in [3.05, 3.63) is 60.8 Å². The highest BCUT2D eigenvalue weighted by atomic mass is 16.6. The van der Waals surface area contributed by atoms with Gasteiger partial charge in [-0.15, -0.1) is 0 Å². The van der Waals surface area contributed by atoms with Gasteiger partial charge in [0.1, 0.15) is 6.61 Å². The number of hydrogen-bond acceptors (Lipinski definition) is 5. The number of ether oxygens (including phenoxy) is 2. The van der Waals surface area contributed by atoms with E-state index in [4.69, 9.17) is 9.47 Å². The van der Waals surface area contributed by atoms with Crippen LogP contribution in [-0.2, 0) is 19.1 Å². The lowest BCUT2D eigenvalue weighted by Crippen LogP contribution is -2.28. The molecule has 0 aliphatic carbocycles. The van der Waals surface area contributed by atoms with Crippen LogP contribution in [0.4, 0.5) is 0 Å². The number of rotatable bonds is 63. The highest BCUT2D eigenvalue weighted by Crippen LogP contribution is 2.18. The zero-order chi connectivity index (χ0) is 54.8. The van der Waals surface area contributed by atoms with Gasteiger partial charge in [0.05, 0.1) is 6.61 Å². The monoisotopic (exact) mass is 1060 g/mol. The van der Waals surface area contributed by atoms with E-state index in [1.807, 2.05) is 0 Å². The number of hydrogen-bond donors (Lipinski definition) is 1. The molecule has 0 aliphatic heterocycles. The van der Waals surface area contributed by atoms with Crippen molar-refractivity contribution in [1.82, 2.24) is 0 Å². The van der Waals surface area contributed by atoms with E-state index in [0.29, 0.717) is 12.8 Å². The van der Waals surface area contributed by atoms with Crippen molar-refractivity contribution in [3.63, 3.8) is 0 Å². The molecule has 1 atom stereocenters. The average Bonchev–Trinajstić information content (AvgIpc) is 3.42. The van der Waals surface area contributed by atoms with Gasteiger partial charge in [0, 0.05) is 12.8 Å². The number of aliphatic hydroxyl groups excluding tert-OH is 1. The van der Waals surface area contributed by atoms with E-state index in [1.54, 1.807) is 0 Å². The molecule has 444 valence electrons. The maximum absolute atomic E-state index is 12.3. The Bertz CT molecular complexity index is 1300. The number of carbonyl (C=O) groups excluding carboxylic acids is 2. The molecule has 0 fully saturated rings. The molecular weight excluding hydrogens is 933 g/mol. The van der Waals surface area contributed by atoms with Crippen LogP contribution in [0.1, 0.15) is 361 Å². The predicted molar refractivity (Wildman–Crippen MR) is 334 cm³/mol. The SMILES string of the molecule is CCCCCCC/C=C\C/C=C\C/C=C\CCCCCCCCCCCCCCCCCCCCCCCCCCCCC(=O)OC(CO)COC(=O)CCCCCCCCCCC/C=C\C/C=C\CCCCCCC. The van der Waals surface area contributed by atoms with E-state index >= 15 is 0 Å². The Morgan fingerprint density at radius 2 is 0.526 bits per heavy atom. The molecule has 0 aliphatic rings. The molecule has 5 heteroatoms. The maximum Gasteiger partial charge on any atom is 0.306 e. The Morgan fingerprint density at radius 1 is 0.303 bits per heavy atom. The van der Waals surface area contributed by atoms with E-state index in [9.17, 15) is 14.7 Å². The minimum atomic E-state index is -0.774. The lowest BCUT2D eigenvalue weighted by atomic mass is 10.0. The van der Waals surface area contributed by atoms with Gasteiger partial charge in [-0.05, 0) is 83.5 Å². The van der Waals surface area contributed by atoms with E-state index in [1.165, 1.54) is 276 Å². The first-order valence-electron chi connectivity index (χ1n) is 33.8. The average molecular weight is 1060 g/mol. The minimum Gasteiger partial charge on any atom is -0.462 e. The summed E-state index contributed by atoms with van der Waals surface area (Å²) in [4.78, 5) is 24.6. The lowest BCUT2D eigenvalue weighted by Gasteiger charge is -2.15. The summed E-state index contributed by atoms with van der Waals surface area (Å²) in [5.41, 5.74) is 0. The summed E-state index contributed by atoms with van der Waals surface area (Å²) in [6.07, 6.45) is 91.1. The van der Waals surface area contributed by atoms with Crippen LogP contribution >= 0.6 is 0 Å². The zero-order valence-electron chi connectivity index (χ0n) is 51.0. The second-order valence-electron chi connectivity index (χ2n) is 22.9. The number of aliphatic hydroxyl groups is 1. The molecule has 0 aromatic heterocycles. The molecule has 0 heterocycles. The second kappa shape index (κ2) is 66.9. The lowest BCUT2D eigenvalue weighted by molar-refractivity contribution is -0.161. The summed E-state index contributed by atoms with van der Waals surface area (Å²) >= 11 is 0. The van der Waals surface area contributed by atoms with Crippen molar-refractivity contribution in [2.75, 3.05) is 13.2 Å². The van der Waals surface area contributed by atoms with Crippen LogP contribution in [0.15, 0.2) is 60.8 Å². The topological polar surface area (TPSA) is 72.8 Å². The van der Waals surface area contributed by atoms with Crippen LogP contribution < -0.4 is 0 Å². The third-order valence-electron chi connectivity index (χ3n) is 15.3. The van der Waals surface area contributed by atoms with Crippen LogP contribution in [0.5, 0.6) is 0 Å². The third kappa shape index (κ3) is 64.1. The minimum absolute atomic E-state index is 0.0648. The summed E-state index contributed by atoms with van der Waals surface area (Å²) in [5, 5.41) is 9.68. The molecule has 0 radical (unpaired) electrons. The van der Waals surface area contributed by atoms with Crippen molar-refractivity contribution in [2.45, 2.75) is 367 Å². The summed E-state index contributed by atoms with van der Waals surface area (Å²) in [6, 6.07) is 0. The largest absolute Gasteiger partial charge is 0.462 e. The predicted octanol–water partition coefficient (Wildman–Crippen LogP) is 23.3. The molecule has 5 nitrogen and oxygen atoms in total. The molecule has 0 aromatic carbocycles. The molecule has 1 N–H and O–H groups in total. The van der Waals surface area contributed by atoms with E-state index in [-0.39, 0.29) is 25.2 Å². The summed E-state index contributed by atoms with van der Waals surface area (Å²) in [6.45, 7) is 4.16. The van der Waals surface area contributed by atoms with Crippen molar-refractivity contribution in [1.29, 1.82) is 0 Å². The molecular formula is C71H130O5. The van der Waals surface area contributed by atoms with Gasteiger partial charge < -0.3 is 14.6 Å². The van der Waals surface area contributed by atoms with Gasteiger partial charge in [-0.2, -0.15) is 0 Å². The van der Waals surface area contributed by atoms with Crippen LogP contribution in [0.25, 0.3) is 0 Å².